The van der Waals surface area contributed by atoms with E-state index >= 15 is 0 Å². The SMILES string of the molecule is NC(=S)c1cc(F)cc(COc2ccc(F)cc2Cl)c1. The van der Waals surface area contributed by atoms with Crippen LogP contribution < -0.4 is 10.5 Å². The average Bonchev–Trinajstić information content (AvgIpc) is 2.37. The van der Waals surface area contributed by atoms with Crippen molar-refractivity contribution in [3.63, 3.8) is 0 Å². The zero-order valence-electron chi connectivity index (χ0n) is 10.2. The van der Waals surface area contributed by atoms with Gasteiger partial charge in [-0.05, 0) is 42.0 Å². The maximum absolute atomic E-state index is 13.4. The third-order valence-corrected chi connectivity index (χ3v) is 3.06. The largest absolute Gasteiger partial charge is 0.487 e. The first-order chi connectivity index (χ1) is 9.45. The highest BCUT2D eigenvalue weighted by atomic mass is 35.5. The Balaban J connectivity index is 2.16. The van der Waals surface area contributed by atoms with Gasteiger partial charge in [0.1, 0.15) is 29.0 Å². The van der Waals surface area contributed by atoms with Gasteiger partial charge in [0.2, 0.25) is 0 Å². The van der Waals surface area contributed by atoms with Crippen LogP contribution in [0.15, 0.2) is 36.4 Å². The van der Waals surface area contributed by atoms with Gasteiger partial charge in [-0.25, -0.2) is 8.78 Å². The van der Waals surface area contributed by atoms with Crippen LogP contribution in [0.25, 0.3) is 0 Å². The molecule has 0 atom stereocenters. The molecule has 0 radical (unpaired) electrons. The number of hydrogen-bond acceptors (Lipinski definition) is 2. The van der Waals surface area contributed by atoms with Crippen molar-refractivity contribution >= 4 is 28.8 Å². The smallest absolute Gasteiger partial charge is 0.138 e. The summed E-state index contributed by atoms with van der Waals surface area (Å²) in [7, 11) is 0. The Kier molecular flexibility index (Phi) is 4.52. The first-order valence-electron chi connectivity index (χ1n) is 5.63. The van der Waals surface area contributed by atoms with Gasteiger partial charge >= 0.3 is 0 Å². The van der Waals surface area contributed by atoms with Crippen LogP contribution in [0.1, 0.15) is 11.1 Å². The van der Waals surface area contributed by atoms with Crippen molar-refractivity contribution in [2.24, 2.45) is 5.73 Å². The molecule has 0 unspecified atom stereocenters. The minimum absolute atomic E-state index is 0.0682. The second-order valence-electron chi connectivity index (χ2n) is 4.08. The maximum Gasteiger partial charge on any atom is 0.138 e. The predicted molar refractivity (Wildman–Crippen MR) is 78.0 cm³/mol. The highest BCUT2D eigenvalue weighted by molar-refractivity contribution is 7.80. The van der Waals surface area contributed by atoms with Gasteiger partial charge in [-0.2, -0.15) is 0 Å². The Hall–Kier alpha value is -1.72. The molecule has 2 N–H and O–H groups in total. The molecule has 0 saturated heterocycles. The molecule has 2 nitrogen and oxygen atoms in total. The molecular weight excluding hydrogens is 304 g/mol. The molecule has 0 saturated carbocycles. The molecule has 0 fully saturated rings. The molecule has 0 heterocycles. The lowest BCUT2D eigenvalue weighted by molar-refractivity contribution is 0.305. The summed E-state index contributed by atoms with van der Waals surface area (Å²) >= 11 is 10.6. The zero-order chi connectivity index (χ0) is 14.7. The Morgan fingerprint density at radius 1 is 1.15 bits per heavy atom. The summed E-state index contributed by atoms with van der Waals surface area (Å²) in [6.07, 6.45) is 0. The van der Waals surface area contributed by atoms with Crippen LogP contribution in [0, 0.1) is 11.6 Å². The summed E-state index contributed by atoms with van der Waals surface area (Å²) in [5, 5.41) is 0.149. The molecule has 0 aromatic heterocycles. The van der Waals surface area contributed by atoms with E-state index in [-0.39, 0.29) is 16.6 Å². The molecule has 0 amide bonds. The van der Waals surface area contributed by atoms with Crippen molar-refractivity contribution in [3.8, 4) is 5.75 Å². The molecule has 0 spiro atoms. The molecule has 2 aromatic carbocycles. The van der Waals surface area contributed by atoms with E-state index in [9.17, 15) is 8.78 Å². The lowest BCUT2D eigenvalue weighted by Gasteiger charge is -2.09. The van der Waals surface area contributed by atoms with Gasteiger partial charge in [-0.3, -0.25) is 0 Å². The summed E-state index contributed by atoms with van der Waals surface area (Å²) < 4.78 is 31.7. The number of thiocarbonyl (C=S) groups is 1. The van der Waals surface area contributed by atoms with Crippen LogP contribution in [0.2, 0.25) is 5.02 Å². The van der Waals surface area contributed by atoms with Crippen LogP contribution in [0.4, 0.5) is 8.78 Å². The van der Waals surface area contributed by atoms with Crippen molar-refractivity contribution in [3.05, 3.63) is 64.2 Å². The van der Waals surface area contributed by atoms with E-state index in [1.54, 1.807) is 6.07 Å². The van der Waals surface area contributed by atoms with E-state index in [0.29, 0.717) is 16.9 Å². The quantitative estimate of drug-likeness (QED) is 0.871. The zero-order valence-corrected chi connectivity index (χ0v) is 11.8. The van der Waals surface area contributed by atoms with Crippen LogP contribution >= 0.6 is 23.8 Å². The molecule has 0 bridgehead atoms. The van der Waals surface area contributed by atoms with Crippen molar-refractivity contribution < 1.29 is 13.5 Å². The summed E-state index contributed by atoms with van der Waals surface area (Å²) in [6.45, 7) is 0.0682. The Morgan fingerprint density at radius 2 is 1.90 bits per heavy atom. The predicted octanol–water partition coefficient (Wildman–Crippen LogP) is 3.83. The number of nitrogens with two attached hydrogens (primary N) is 1. The van der Waals surface area contributed by atoms with Crippen molar-refractivity contribution in [1.82, 2.24) is 0 Å². The third-order valence-electron chi connectivity index (χ3n) is 2.53. The van der Waals surface area contributed by atoms with Crippen LogP contribution in [0.5, 0.6) is 5.75 Å². The van der Waals surface area contributed by atoms with Crippen LogP contribution in [-0.4, -0.2) is 4.99 Å². The number of rotatable bonds is 4. The number of hydrogen-bond donors (Lipinski definition) is 1. The van der Waals surface area contributed by atoms with E-state index in [0.717, 1.165) is 6.07 Å². The molecule has 20 heavy (non-hydrogen) atoms. The number of ether oxygens (including phenoxy) is 1. The normalized spacial score (nSPS) is 10.3. The summed E-state index contributed by atoms with van der Waals surface area (Å²) in [4.78, 5) is 0.102. The fourth-order valence-electron chi connectivity index (χ4n) is 1.63. The van der Waals surface area contributed by atoms with E-state index in [1.165, 1.54) is 24.3 Å². The van der Waals surface area contributed by atoms with Crippen molar-refractivity contribution in [2.75, 3.05) is 0 Å². The maximum atomic E-state index is 13.4. The molecule has 0 aliphatic heterocycles. The molecule has 104 valence electrons. The fraction of sp³-hybridized carbons (Fsp3) is 0.0714. The van der Waals surface area contributed by atoms with Gasteiger partial charge < -0.3 is 10.5 Å². The monoisotopic (exact) mass is 313 g/mol. The molecule has 2 rings (SSSR count). The molecular formula is C14H10ClF2NOS. The van der Waals surface area contributed by atoms with Gasteiger partial charge in [0, 0.05) is 5.56 Å². The summed E-state index contributed by atoms with van der Waals surface area (Å²) in [6, 6.07) is 7.96. The lowest BCUT2D eigenvalue weighted by Crippen LogP contribution is -2.10. The third kappa shape index (κ3) is 3.65. The number of halogens is 3. The summed E-state index contributed by atoms with van der Waals surface area (Å²) in [5.41, 5.74) is 6.43. The minimum atomic E-state index is -0.459. The van der Waals surface area contributed by atoms with Gasteiger partial charge in [-0.15, -0.1) is 0 Å². The van der Waals surface area contributed by atoms with E-state index in [1.807, 2.05) is 0 Å². The van der Waals surface area contributed by atoms with E-state index < -0.39 is 11.6 Å². The highest BCUT2D eigenvalue weighted by Gasteiger charge is 2.06. The molecule has 2 aromatic rings. The van der Waals surface area contributed by atoms with Crippen LogP contribution in [-0.2, 0) is 6.61 Å². The van der Waals surface area contributed by atoms with Crippen molar-refractivity contribution in [1.29, 1.82) is 0 Å². The minimum Gasteiger partial charge on any atom is -0.487 e. The first kappa shape index (κ1) is 14.7. The standard InChI is InChI=1S/C14H10ClF2NOS/c15-12-6-10(16)1-2-13(12)19-7-8-3-9(14(18)20)5-11(17)4-8/h1-6H,7H2,(H2,18,20). The second kappa shape index (κ2) is 6.15. The first-order valence-corrected chi connectivity index (χ1v) is 6.41. The van der Waals surface area contributed by atoms with Gasteiger partial charge in [0.05, 0.1) is 5.02 Å². The average molecular weight is 314 g/mol. The van der Waals surface area contributed by atoms with Gasteiger partial charge in [0.25, 0.3) is 0 Å². The van der Waals surface area contributed by atoms with Crippen LogP contribution in [0.3, 0.4) is 0 Å². The van der Waals surface area contributed by atoms with E-state index in [2.05, 4.69) is 0 Å². The lowest BCUT2D eigenvalue weighted by atomic mass is 10.1. The van der Waals surface area contributed by atoms with Gasteiger partial charge in [0.15, 0.2) is 0 Å². The fourth-order valence-corrected chi connectivity index (χ4v) is 1.97. The second-order valence-corrected chi connectivity index (χ2v) is 4.92. The Labute approximate surface area is 125 Å². The molecule has 6 heteroatoms. The molecule has 0 aliphatic carbocycles. The van der Waals surface area contributed by atoms with E-state index in [4.69, 9.17) is 34.3 Å². The highest BCUT2D eigenvalue weighted by Crippen LogP contribution is 2.25. The van der Waals surface area contributed by atoms with Crippen molar-refractivity contribution in [2.45, 2.75) is 6.61 Å². The summed E-state index contributed by atoms with van der Waals surface area (Å²) in [5.74, 6) is -0.600. The Morgan fingerprint density at radius 3 is 2.55 bits per heavy atom. The topological polar surface area (TPSA) is 35.2 Å². The number of benzene rings is 2. The molecule has 0 aliphatic rings. The van der Waals surface area contributed by atoms with Gasteiger partial charge in [-0.1, -0.05) is 23.8 Å². The Bertz CT molecular complexity index is 664.